The molecular weight excluding hydrogens is 238 g/mol. The SMILES string of the molecule is CC(C)CCN1C(=O)c2ccccc2[C@@H]1OC(C)C. The number of hydrogen-bond acceptors (Lipinski definition) is 2. The van der Waals surface area contributed by atoms with Gasteiger partial charge in [-0.3, -0.25) is 4.79 Å². The van der Waals surface area contributed by atoms with Crippen molar-refractivity contribution in [2.75, 3.05) is 6.54 Å². The summed E-state index contributed by atoms with van der Waals surface area (Å²) in [5.41, 5.74) is 1.79. The molecule has 1 aliphatic rings. The Hall–Kier alpha value is -1.35. The van der Waals surface area contributed by atoms with Crippen LogP contribution in [-0.4, -0.2) is 23.5 Å². The van der Waals surface area contributed by atoms with E-state index in [4.69, 9.17) is 4.74 Å². The van der Waals surface area contributed by atoms with Crippen LogP contribution in [-0.2, 0) is 4.74 Å². The predicted octanol–water partition coefficient (Wildman–Crippen LogP) is 3.61. The summed E-state index contributed by atoms with van der Waals surface area (Å²) in [6.07, 6.45) is 0.880. The molecule has 0 N–H and O–H groups in total. The highest BCUT2D eigenvalue weighted by atomic mass is 16.5. The van der Waals surface area contributed by atoms with Crippen LogP contribution in [0.5, 0.6) is 0 Å². The molecule has 0 radical (unpaired) electrons. The third kappa shape index (κ3) is 2.98. The highest BCUT2D eigenvalue weighted by molar-refractivity contribution is 5.98. The van der Waals surface area contributed by atoms with E-state index in [0.29, 0.717) is 5.92 Å². The van der Waals surface area contributed by atoms with Gasteiger partial charge >= 0.3 is 0 Å². The third-order valence-corrected chi connectivity index (χ3v) is 3.35. The number of fused-ring (bicyclic) bond motifs is 1. The lowest BCUT2D eigenvalue weighted by atomic mass is 10.1. The Labute approximate surface area is 115 Å². The number of nitrogens with zero attached hydrogens (tertiary/aromatic N) is 1. The highest BCUT2D eigenvalue weighted by Gasteiger charge is 2.37. The minimum Gasteiger partial charge on any atom is -0.351 e. The van der Waals surface area contributed by atoms with Gasteiger partial charge in [0.05, 0.1) is 6.10 Å². The summed E-state index contributed by atoms with van der Waals surface area (Å²) in [4.78, 5) is 14.3. The summed E-state index contributed by atoms with van der Waals surface area (Å²) in [7, 11) is 0. The predicted molar refractivity (Wildman–Crippen MR) is 75.9 cm³/mol. The zero-order valence-corrected chi connectivity index (χ0v) is 12.2. The molecule has 104 valence electrons. The van der Waals surface area contributed by atoms with E-state index in [-0.39, 0.29) is 18.2 Å². The monoisotopic (exact) mass is 261 g/mol. The van der Waals surface area contributed by atoms with E-state index in [1.54, 1.807) is 0 Å². The molecule has 3 heteroatoms. The van der Waals surface area contributed by atoms with Crippen LogP contribution >= 0.6 is 0 Å². The first-order valence-corrected chi connectivity index (χ1v) is 7.06. The number of ether oxygens (including phenoxy) is 1. The van der Waals surface area contributed by atoms with E-state index < -0.39 is 0 Å². The van der Waals surface area contributed by atoms with Crippen molar-refractivity contribution in [3.8, 4) is 0 Å². The number of rotatable bonds is 5. The molecule has 0 spiro atoms. The Morgan fingerprint density at radius 2 is 1.89 bits per heavy atom. The Morgan fingerprint density at radius 1 is 1.21 bits per heavy atom. The first-order valence-electron chi connectivity index (χ1n) is 7.06. The summed E-state index contributed by atoms with van der Waals surface area (Å²) in [5.74, 6) is 0.679. The number of amides is 1. The van der Waals surface area contributed by atoms with Gasteiger partial charge in [-0.1, -0.05) is 32.0 Å². The van der Waals surface area contributed by atoms with Crippen LogP contribution in [0.4, 0.5) is 0 Å². The van der Waals surface area contributed by atoms with Gasteiger partial charge in [-0.2, -0.15) is 0 Å². The van der Waals surface area contributed by atoms with Crippen LogP contribution < -0.4 is 0 Å². The fourth-order valence-electron chi connectivity index (χ4n) is 2.36. The van der Waals surface area contributed by atoms with E-state index in [0.717, 1.165) is 24.1 Å². The van der Waals surface area contributed by atoms with Gasteiger partial charge in [0, 0.05) is 17.7 Å². The summed E-state index contributed by atoms with van der Waals surface area (Å²) in [5, 5.41) is 0. The minimum absolute atomic E-state index is 0.0990. The van der Waals surface area contributed by atoms with Crippen molar-refractivity contribution in [1.29, 1.82) is 0 Å². The first kappa shape index (κ1) is 14.1. The van der Waals surface area contributed by atoms with Crippen LogP contribution in [0.3, 0.4) is 0 Å². The van der Waals surface area contributed by atoms with Crippen molar-refractivity contribution in [2.45, 2.75) is 46.4 Å². The van der Waals surface area contributed by atoms with E-state index in [9.17, 15) is 4.79 Å². The van der Waals surface area contributed by atoms with Crippen molar-refractivity contribution in [3.63, 3.8) is 0 Å². The van der Waals surface area contributed by atoms with Crippen molar-refractivity contribution in [2.24, 2.45) is 5.92 Å². The molecule has 0 aliphatic carbocycles. The average molecular weight is 261 g/mol. The van der Waals surface area contributed by atoms with E-state index in [1.165, 1.54) is 0 Å². The Kier molecular flexibility index (Phi) is 4.25. The van der Waals surface area contributed by atoms with Crippen molar-refractivity contribution < 1.29 is 9.53 Å². The molecule has 0 aromatic heterocycles. The van der Waals surface area contributed by atoms with Gasteiger partial charge in [-0.25, -0.2) is 0 Å². The molecule has 3 nitrogen and oxygen atoms in total. The summed E-state index contributed by atoms with van der Waals surface area (Å²) < 4.78 is 5.96. The molecule has 19 heavy (non-hydrogen) atoms. The quantitative estimate of drug-likeness (QED) is 0.810. The van der Waals surface area contributed by atoms with Gasteiger partial charge in [-0.15, -0.1) is 0 Å². The number of benzene rings is 1. The van der Waals surface area contributed by atoms with Crippen molar-refractivity contribution in [3.05, 3.63) is 35.4 Å². The van der Waals surface area contributed by atoms with Crippen LogP contribution in [0.2, 0.25) is 0 Å². The molecule has 1 aromatic rings. The molecule has 0 saturated heterocycles. The summed E-state index contributed by atoms with van der Waals surface area (Å²) in [6, 6.07) is 7.77. The second-order valence-electron chi connectivity index (χ2n) is 5.81. The second kappa shape index (κ2) is 5.74. The Balaban J connectivity index is 2.25. The van der Waals surface area contributed by atoms with E-state index in [2.05, 4.69) is 13.8 Å². The maximum absolute atomic E-state index is 12.4. The van der Waals surface area contributed by atoms with Gasteiger partial charge in [0.15, 0.2) is 6.23 Å². The zero-order valence-electron chi connectivity index (χ0n) is 12.2. The molecule has 1 aromatic carbocycles. The Bertz CT molecular complexity index is 454. The standard InChI is InChI=1S/C16H23NO2/c1-11(2)9-10-17-15(18)13-7-5-6-8-14(13)16(17)19-12(3)4/h5-8,11-12,16H,9-10H2,1-4H3/t16-/m0/s1. The largest absolute Gasteiger partial charge is 0.351 e. The highest BCUT2D eigenvalue weighted by Crippen LogP contribution is 2.35. The topological polar surface area (TPSA) is 29.5 Å². The first-order chi connectivity index (χ1) is 9.00. The maximum Gasteiger partial charge on any atom is 0.256 e. The van der Waals surface area contributed by atoms with Crippen LogP contribution in [0.15, 0.2) is 24.3 Å². The lowest BCUT2D eigenvalue weighted by Gasteiger charge is -2.27. The second-order valence-corrected chi connectivity index (χ2v) is 5.81. The smallest absolute Gasteiger partial charge is 0.256 e. The van der Waals surface area contributed by atoms with Gasteiger partial charge < -0.3 is 9.64 Å². The van der Waals surface area contributed by atoms with Gasteiger partial charge in [0.1, 0.15) is 0 Å². The number of carbonyl (C=O) groups excluding carboxylic acids is 1. The molecule has 0 bridgehead atoms. The molecule has 2 rings (SSSR count). The van der Waals surface area contributed by atoms with Gasteiger partial charge in [0.2, 0.25) is 0 Å². The molecular formula is C16H23NO2. The van der Waals surface area contributed by atoms with Crippen LogP contribution in [0.1, 0.15) is 56.3 Å². The van der Waals surface area contributed by atoms with Crippen LogP contribution in [0.25, 0.3) is 0 Å². The lowest BCUT2D eigenvalue weighted by Crippen LogP contribution is -2.32. The summed E-state index contributed by atoms with van der Waals surface area (Å²) in [6.45, 7) is 9.11. The van der Waals surface area contributed by atoms with Crippen LogP contribution in [0, 0.1) is 5.92 Å². The third-order valence-electron chi connectivity index (χ3n) is 3.35. The van der Waals surface area contributed by atoms with Crippen molar-refractivity contribution >= 4 is 5.91 Å². The normalized spacial score (nSPS) is 18.5. The Morgan fingerprint density at radius 3 is 2.53 bits per heavy atom. The van der Waals surface area contributed by atoms with Gasteiger partial charge in [0.25, 0.3) is 5.91 Å². The molecule has 1 aliphatic heterocycles. The van der Waals surface area contributed by atoms with E-state index >= 15 is 0 Å². The van der Waals surface area contributed by atoms with Gasteiger partial charge in [-0.05, 0) is 32.3 Å². The fraction of sp³-hybridized carbons (Fsp3) is 0.562. The molecule has 1 atom stereocenters. The minimum atomic E-state index is -0.220. The summed E-state index contributed by atoms with van der Waals surface area (Å²) >= 11 is 0. The zero-order chi connectivity index (χ0) is 14.0. The molecule has 0 fully saturated rings. The fourth-order valence-corrected chi connectivity index (χ4v) is 2.36. The van der Waals surface area contributed by atoms with Crippen molar-refractivity contribution in [1.82, 2.24) is 4.90 Å². The molecule has 1 amide bonds. The average Bonchev–Trinajstić information content (AvgIpc) is 2.60. The number of carbonyl (C=O) groups is 1. The molecule has 0 unspecified atom stereocenters. The lowest BCUT2D eigenvalue weighted by molar-refractivity contribution is -0.0696. The maximum atomic E-state index is 12.4. The molecule has 1 heterocycles. The van der Waals surface area contributed by atoms with E-state index in [1.807, 2.05) is 43.0 Å². The molecule has 0 saturated carbocycles. The number of hydrogen-bond donors (Lipinski definition) is 0.